The predicted molar refractivity (Wildman–Crippen MR) is 42.8 cm³/mol. The van der Waals surface area contributed by atoms with Crippen molar-refractivity contribution in [2.24, 2.45) is 0 Å². The molecular weight excluding hydrogens is 158 g/mol. The number of halogens is 1. The molecule has 11 heavy (non-hydrogen) atoms. The van der Waals surface area contributed by atoms with Crippen molar-refractivity contribution < 1.29 is 16.9 Å². The number of nitrogens with zero attached hydrogens (tertiary/aromatic N) is 1. The minimum Gasteiger partial charge on any atom is -1.00 e. The van der Waals surface area contributed by atoms with Crippen LogP contribution in [0.25, 0.3) is 0 Å². The number of hydrogen-bond acceptors (Lipinski definition) is 0. The average molecular weight is 176 g/mol. The van der Waals surface area contributed by atoms with Crippen LogP contribution in [0.2, 0.25) is 0 Å². The smallest absolute Gasteiger partial charge is 0.0788 e. The second-order valence-electron chi connectivity index (χ2n) is 4.00. The Morgan fingerprint density at radius 1 is 0.545 bits per heavy atom. The van der Waals surface area contributed by atoms with Gasteiger partial charge in [0.15, 0.2) is 0 Å². The summed E-state index contributed by atoms with van der Waals surface area (Å²) in [6.07, 6.45) is 7.50. The van der Waals surface area contributed by atoms with Gasteiger partial charge in [0.05, 0.1) is 26.2 Å². The van der Waals surface area contributed by atoms with E-state index in [4.69, 9.17) is 0 Å². The summed E-state index contributed by atoms with van der Waals surface area (Å²) in [7, 11) is 0. The van der Waals surface area contributed by atoms with E-state index >= 15 is 0 Å². The molecule has 2 saturated heterocycles. The van der Waals surface area contributed by atoms with Crippen molar-refractivity contribution in [2.45, 2.75) is 32.1 Å². The van der Waals surface area contributed by atoms with E-state index in [0.29, 0.717) is 0 Å². The summed E-state index contributed by atoms with van der Waals surface area (Å²) in [4.78, 5) is 0. The topological polar surface area (TPSA) is 0 Å². The molecule has 0 atom stereocenters. The summed E-state index contributed by atoms with van der Waals surface area (Å²) < 4.78 is 1.50. The van der Waals surface area contributed by atoms with Crippen molar-refractivity contribution in [1.29, 1.82) is 0 Å². The van der Waals surface area contributed by atoms with Gasteiger partial charge in [0, 0.05) is 12.8 Å². The van der Waals surface area contributed by atoms with E-state index in [1.165, 1.54) is 62.8 Å². The lowest BCUT2D eigenvalue weighted by atomic mass is 10.1. The zero-order valence-electron chi connectivity index (χ0n) is 7.19. The molecule has 66 valence electrons. The maximum absolute atomic E-state index is 1.50. The second kappa shape index (κ2) is 3.77. The van der Waals surface area contributed by atoms with E-state index < -0.39 is 0 Å². The molecule has 0 bridgehead atoms. The number of quaternary nitrogens is 1. The molecule has 1 spiro atoms. The van der Waals surface area contributed by atoms with Gasteiger partial charge in [0.2, 0.25) is 0 Å². The molecule has 0 aromatic carbocycles. The lowest BCUT2D eigenvalue weighted by Crippen LogP contribution is -3.00. The van der Waals surface area contributed by atoms with Crippen LogP contribution in [0.15, 0.2) is 0 Å². The minimum absolute atomic E-state index is 0. The number of rotatable bonds is 0. The first-order valence-electron chi connectivity index (χ1n) is 4.76. The van der Waals surface area contributed by atoms with E-state index in [1.54, 1.807) is 0 Å². The molecule has 2 rings (SSSR count). The van der Waals surface area contributed by atoms with Crippen LogP contribution in [-0.2, 0) is 0 Å². The third kappa shape index (κ3) is 1.88. The number of piperidine rings is 1. The molecule has 0 radical (unpaired) electrons. The Morgan fingerprint density at radius 2 is 0.909 bits per heavy atom. The zero-order valence-corrected chi connectivity index (χ0v) is 7.95. The van der Waals surface area contributed by atoms with Crippen LogP contribution in [0.1, 0.15) is 32.1 Å². The molecule has 2 aliphatic rings. The molecule has 2 fully saturated rings. The van der Waals surface area contributed by atoms with E-state index in [2.05, 4.69) is 0 Å². The summed E-state index contributed by atoms with van der Waals surface area (Å²) in [6, 6.07) is 0. The zero-order chi connectivity index (χ0) is 6.86. The fourth-order valence-electron chi connectivity index (χ4n) is 2.64. The van der Waals surface area contributed by atoms with Gasteiger partial charge < -0.3 is 16.9 Å². The van der Waals surface area contributed by atoms with Crippen LogP contribution < -0.4 is 12.4 Å². The molecule has 0 unspecified atom stereocenters. The predicted octanol–water partition coefficient (Wildman–Crippen LogP) is -1.22. The molecule has 0 amide bonds. The van der Waals surface area contributed by atoms with Crippen molar-refractivity contribution in [3.05, 3.63) is 0 Å². The molecule has 2 heterocycles. The SMILES string of the molecule is C1CC[N+]2(CC1)CCCC2.[Cl-]. The lowest BCUT2D eigenvalue weighted by Gasteiger charge is -2.37. The Kier molecular flexibility index (Phi) is 3.20. The van der Waals surface area contributed by atoms with Gasteiger partial charge in [0.25, 0.3) is 0 Å². The summed E-state index contributed by atoms with van der Waals surface area (Å²) >= 11 is 0. The van der Waals surface area contributed by atoms with E-state index in [9.17, 15) is 0 Å². The summed E-state index contributed by atoms with van der Waals surface area (Å²) in [6.45, 7) is 6.00. The van der Waals surface area contributed by atoms with Gasteiger partial charge in [-0.3, -0.25) is 0 Å². The first-order chi connectivity index (χ1) is 4.91. The Balaban J connectivity index is 0.000000605. The van der Waals surface area contributed by atoms with E-state index in [1.807, 2.05) is 0 Å². The van der Waals surface area contributed by atoms with Gasteiger partial charge in [-0.15, -0.1) is 0 Å². The van der Waals surface area contributed by atoms with Crippen molar-refractivity contribution in [2.75, 3.05) is 26.2 Å². The van der Waals surface area contributed by atoms with Crippen LogP contribution in [0.4, 0.5) is 0 Å². The Bertz CT molecular complexity index is 111. The van der Waals surface area contributed by atoms with Crippen molar-refractivity contribution in [1.82, 2.24) is 0 Å². The Morgan fingerprint density at radius 3 is 1.36 bits per heavy atom. The van der Waals surface area contributed by atoms with Crippen molar-refractivity contribution in [3.8, 4) is 0 Å². The highest BCUT2D eigenvalue weighted by atomic mass is 35.5. The molecular formula is C9H18ClN. The first-order valence-corrected chi connectivity index (χ1v) is 4.76. The van der Waals surface area contributed by atoms with Gasteiger partial charge in [-0.25, -0.2) is 0 Å². The summed E-state index contributed by atoms with van der Waals surface area (Å²) in [5.74, 6) is 0. The fraction of sp³-hybridized carbons (Fsp3) is 1.00. The second-order valence-corrected chi connectivity index (χ2v) is 4.00. The highest BCUT2D eigenvalue weighted by Crippen LogP contribution is 2.25. The molecule has 0 aromatic heterocycles. The Labute approximate surface area is 75.8 Å². The normalized spacial score (nSPS) is 28.4. The van der Waals surface area contributed by atoms with Gasteiger partial charge in [-0.2, -0.15) is 0 Å². The third-order valence-corrected chi connectivity index (χ3v) is 3.28. The van der Waals surface area contributed by atoms with Gasteiger partial charge in [0.1, 0.15) is 0 Å². The van der Waals surface area contributed by atoms with Gasteiger partial charge in [-0.1, -0.05) is 0 Å². The van der Waals surface area contributed by atoms with Crippen LogP contribution >= 0.6 is 0 Å². The van der Waals surface area contributed by atoms with E-state index in [0.717, 1.165) is 0 Å². The molecule has 2 aliphatic heterocycles. The maximum atomic E-state index is 1.50. The standard InChI is InChI=1S/C9H18N.ClH/c1-2-6-10(7-3-1)8-4-5-9-10;/h1-9H2;1H/q+1;/p-1. The van der Waals surface area contributed by atoms with Crippen LogP contribution in [0, 0.1) is 0 Å². The highest BCUT2D eigenvalue weighted by molar-refractivity contribution is 4.59. The van der Waals surface area contributed by atoms with Gasteiger partial charge >= 0.3 is 0 Å². The monoisotopic (exact) mass is 175 g/mol. The minimum atomic E-state index is 0. The molecule has 1 nitrogen and oxygen atoms in total. The lowest BCUT2D eigenvalue weighted by molar-refractivity contribution is -0.921. The molecule has 0 N–H and O–H groups in total. The van der Waals surface area contributed by atoms with Crippen LogP contribution in [0.5, 0.6) is 0 Å². The fourth-order valence-corrected chi connectivity index (χ4v) is 2.64. The quantitative estimate of drug-likeness (QED) is 0.406. The van der Waals surface area contributed by atoms with Crippen molar-refractivity contribution >= 4 is 0 Å². The average Bonchev–Trinajstić information content (AvgIpc) is 2.39. The van der Waals surface area contributed by atoms with Crippen LogP contribution in [-0.4, -0.2) is 30.7 Å². The molecule has 0 aromatic rings. The molecule has 0 aliphatic carbocycles. The maximum Gasteiger partial charge on any atom is 0.0788 e. The van der Waals surface area contributed by atoms with Crippen molar-refractivity contribution in [3.63, 3.8) is 0 Å². The number of hydrogen-bond donors (Lipinski definition) is 0. The van der Waals surface area contributed by atoms with E-state index in [-0.39, 0.29) is 12.4 Å². The summed E-state index contributed by atoms with van der Waals surface area (Å²) in [5, 5.41) is 0. The Hall–Kier alpha value is 0.250. The third-order valence-electron chi connectivity index (χ3n) is 3.28. The highest BCUT2D eigenvalue weighted by Gasteiger charge is 2.32. The van der Waals surface area contributed by atoms with Gasteiger partial charge in [-0.05, 0) is 19.3 Å². The molecule has 2 heteroatoms. The first kappa shape index (κ1) is 9.34. The molecule has 0 saturated carbocycles. The van der Waals surface area contributed by atoms with Crippen LogP contribution in [0.3, 0.4) is 0 Å². The largest absolute Gasteiger partial charge is 1.00 e. The summed E-state index contributed by atoms with van der Waals surface area (Å²) in [5.41, 5.74) is 0.